The predicted molar refractivity (Wildman–Crippen MR) is 80.8 cm³/mol. The van der Waals surface area contributed by atoms with Crippen LogP contribution in [-0.2, 0) is 10.0 Å². The molecular weight excluding hydrogens is 326 g/mol. The number of hydrogen-bond acceptors (Lipinski definition) is 7. The number of benzene rings is 2. The van der Waals surface area contributed by atoms with Crippen molar-refractivity contribution < 1.29 is 23.6 Å². The number of non-ortho nitro benzene ring substituents is 1. The summed E-state index contributed by atoms with van der Waals surface area (Å²) < 4.78 is 23.9. The zero-order valence-electron chi connectivity index (χ0n) is 11.4. The molecule has 2 aromatic carbocycles. The van der Waals surface area contributed by atoms with Crippen LogP contribution in [0.3, 0.4) is 0 Å². The minimum Gasteiger partial charge on any atom is -0.504 e. The Labute approximate surface area is 130 Å². The summed E-state index contributed by atoms with van der Waals surface area (Å²) in [5, 5.41) is 32.5. The summed E-state index contributed by atoms with van der Waals surface area (Å²) in [4.78, 5) is 11.6. The molecule has 9 nitrogen and oxygen atoms in total. The van der Waals surface area contributed by atoms with E-state index < -0.39 is 14.9 Å². The number of hydrogen-bond donors (Lipinski definition) is 3. The van der Waals surface area contributed by atoms with Crippen LogP contribution in [0.25, 0.3) is 0 Å². The molecule has 0 unspecified atom stereocenters. The predicted octanol–water partition coefficient (Wildman–Crippen LogP) is 1.32. The fourth-order valence-corrected chi connectivity index (χ4v) is 2.38. The van der Waals surface area contributed by atoms with Gasteiger partial charge >= 0.3 is 0 Å². The van der Waals surface area contributed by atoms with Crippen molar-refractivity contribution in [1.29, 1.82) is 0 Å². The molecule has 0 radical (unpaired) electrons. The smallest absolute Gasteiger partial charge is 0.276 e. The van der Waals surface area contributed by atoms with Crippen LogP contribution in [0.1, 0.15) is 5.56 Å². The van der Waals surface area contributed by atoms with E-state index in [1.807, 2.05) is 4.83 Å². The summed E-state index contributed by atoms with van der Waals surface area (Å²) in [7, 11) is -3.97. The number of rotatable bonds is 5. The maximum absolute atomic E-state index is 11.9. The van der Waals surface area contributed by atoms with E-state index in [0.29, 0.717) is 5.56 Å². The van der Waals surface area contributed by atoms with Crippen LogP contribution in [-0.4, -0.2) is 29.8 Å². The first-order chi connectivity index (χ1) is 10.8. The van der Waals surface area contributed by atoms with Crippen LogP contribution in [0.2, 0.25) is 0 Å². The molecule has 0 saturated heterocycles. The SMILES string of the molecule is O=[N+]([O-])c1ccc(S(=O)(=O)N/N=C/c2ccc(O)c(O)c2)cc1. The topological polar surface area (TPSA) is 142 Å². The summed E-state index contributed by atoms with van der Waals surface area (Å²) in [5.41, 5.74) is 0.124. The highest BCUT2D eigenvalue weighted by Gasteiger charge is 2.14. The van der Waals surface area contributed by atoms with Crippen molar-refractivity contribution in [2.45, 2.75) is 4.90 Å². The molecule has 3 N–H and O–H groups in total. The summed E-state index contributed by atoms with van der Waals surface area (Å²) in [5.74, 6) is -0.680. The van der Waals surface area contributed by atoms with E-state index in [1.165, 1.54) is 18.2 Å². The molecule has 23 heavy (non-hydrogen) atoms. The van der Waals surface area contributed by atoms with Gasteiger partial charge in [0.05, 0.1) is 16.0 Å². The number of phenolic OH excluding ortho intramolecular Hbond substituents is 2. The Morgan fingerprint density at radius 2 is 1.74 bits per heavy atom. The molecule has 0 aliphatic rings. The maximum atomic E-state index is 11.9. The average molecular weight is 337 g/mol. The van der Waals surface area contributed by atoms with Gasteiger partial charge in [0.1, 0.15) is 0 Å². The zero-order valence-corrected chi connectivity index (χ0v) is 12.3. The summed E-state index contributed by atoms with van der Waals surface area (Å²) >= 11 is 0. The molecule has 0 fully saturated rings. The van der Waals surface area contributed by atoms with Gasteiger partial charge in [0, 0.05) is 12.1 Å². The molecule has 0 heterocycles. The number of hydrazone groups is 1. The van der Waals surface area contributed by atoms with Gasteiger partial charge in [0.25, 0.3) is 15.7 Å². The van der Waals surface area contributed by atoms with E-state index in [2.05, 4.69) is 5.10 Å². The molecule has 0 aliphatic carbocycles. The van der Waals surface area contributed by atoms with E-state index in [-0.39, 0.29) is 22.1 Å². The van der Waals surface area contributed by atoms with Crippen molar-refractivity contribution in [2.24, 2.45) is 5.10 Å². The Balaban J connectivity index is 2.13. The van der Waals surface area contributed by atoms with Crippen molar-refractivity contribution in [3.8, 4) is 11.5 Å². The van der Waals surface area contributed by atoms with Gasteiger partial charge in [-0.3, -0.25) is 10.1 Å². The fourth-order valence-electron chi connectivity index (χ4n) is 1.59. The zero-order chi connectivity index (χ0) is 17.0. The largest absolute Gasteiger partial charge is 0.504 e. The van der Waals surface area contributed by atoms with Crippen LogP contribution >= 0.6 is 0 Å². The number of nitro groups is 1. The van der Waals surface area contributed by atoms with E-state index in [0.717, 1.165) is 30.5 Å². The van der Waals surface area contributed by atoms with E-state index in [9.17, 15) is 23.6 Å². The van der Waals surface area contributed by atoms with Crippen LogP contribution in [0.5, 0.6) is 11.5 Å². The van der Waals surface area contributed by atoms with Gasteiger partial charge in [0.2, 0.25) is 0 Å². The molecule has 0 atom stereocenters. The Morgan fingerprint density at radius 1 is 1.09 bits per heavy atom. The molecule has 0 spiro atoms. The summed E-state index contributed by atoms with van der Waals surface area (Å²) in [6, 6.07) is 8.14. The van der Waals surface area contributed by atoms with Crippen LogP contribution in [0.15, 0.2) is 52.5 Å². The Bertz CT molecular complexity index is 862. The first-order valence-corrected chi connectivity index (χ1v) is 7.59. The van der Waals surface area contributed by atoms with Gasteiger partial charge in [-0.2, -0.15) is 13.5 Å². The number of phenols is 2. The number of nitro benzene ring substituents is 1. The molecule has 120 valence electrons. The minimum atomic E-state index is -3.97. The number of nitrogens with one attached hydrogen (secondary N) is 1. The molecule has 0 aromatic heterocycles. The molecule has 0 aliphatic heterocycles. The second-order valence-electron chi connectivity index (χ2n) is 4.35. The first-order valence-electron chi connectivity index (χ1n) is 6.11. The first kappa shape index (κ1) is 16.2. The molecular formula is C13H11N3O6S. The lowest BCUT2D eigenvalue weighted by Crippen LogP contribution is -2.18. The molecule has 0 bridgehead atoms. The van der Waals surface area contributed by atoms with Crippen molar-refractivity contribution in [3.05, 3.63) is 58.1 Å². The monoisotopic (exact) mass is 337 g/mol. The lowest BCUT2D eigenvalue weighted by atomic mass is 10.2. The molecule has 2 aromatic rings. The third kappa shape index (κ3) is 3.95. The fraction of sp³-hybridized carbons (Fsp3) is 0. The maximum Gasteiger partial charge on any atom is 0.276 e. The molecule has 0 saturated carbocycles. The second kappa shape index (κ2) is 6.32. The van der Waals surface area contributed by atoms with E-state index in [4.69, 9.17) is 5.11 Å². The van der Waals surface area contributed by atoms with Gasteiger partial charge in [-0.05, 0) is 35.9 Å². The number of nitrogens with zero attached hydrogens (tertiary/aromatic N) is 2. The number of sulfonamides is 1. The van der Waals surface area contributed by atoms with Crippen molar-refractivity contribution in [1.82, 2.24) is 4.83 Å². The second-order valence-corrected chi connectivity index (χ2v) is 6.01. The van der Waals surface area contributed by atoms with Gasteiger partial charge < -0.3 is 10.2 Å². The third-order valence-corrected chi connectivity index (χ3v) is 3.98. The van der Waals surface area contributed by atoms with E-state index in [1.54, 1.807) is 0 Å². The Morgan fingerprint density at radius 3 is 2.30 bits per heavy atom. The normalized spacial score (nSPS) is 11.5. The lowest BCUT2D eigenvalue weighted by Gasteiger charge is -2.03. The minimum absolute atomic E-state index is 0.186. The summed E-state index contributed by atoms with van der Waals surface area (Å²) in [6.45, 7) is 0. The third-order valence-electron chi connectivity index (χ3n) is 2.74. The quantitative estimate of drug-likeness (QED) is 0.325. The highest BCUT2D eigenvalue weighted by molar-refractivity contribution is 7.89. The number of aromatic hydroxyl groups is 2. The average Bonchev–Trinajstić information content (AvgIpc) is 2.51. The van der Waals surface area contributed by atoms with Gasteiger partial charge in [0.15, 0.2) is 11.5 Å². The Kier molecular flexibility index (Phi) is 4.46. The van der Waals surface area contributed by atoms with Crippen LogP contribution < -0.4 is 4.83 Å². The standard InChI is InChI=1S/C13H11N3O6S/c17-12-6-1-9(7-13(12)18)8-14-15-23(21,22)11-4-2-10(3-5-11)16(19)20/h1-8,15,17-18H/b14-8+. The Hall–Kier alpha value is -3.14. The van der Waals surface area contributed by atoms with Crippen LogP contribution in [0, 0.1) is 10.1 Å². The van der Waals surface area contributed by atoms with Crippen molar-refractivity contribution in [3.63, 3.8) is 0 Å². The molecule has 2 rings (SSSR count). The molecule has 0 amide bonds. The van der Waals surface area contributed by atoms with Crippen LogP contribution in [0.4, 0.5) is 5.69 Å². The highest BCUT2D eigenvalue weighted by atomic mass is 32.2. The lowest BCUT2D eigenvalue weighted by molar-refractivity contribution is -0.384. The summed E-state index contributed by atoms with van der Waals surface area (Å²) in [6.07, 6.45) is 1.13. The highest BCUT2D eigenvalue weighted by Crippen LogP contribution is 2.24. The van der Waals surface area contributed by atoms with Crippen molar-refractivity contribution in [2.75, 3.05) is 0 Å². The van der Waals surface area contributed by atoms with E-state index >= 15 is 0 Å². The van der Waals surface area contributed by atoms with Gasteiger partial charge in [-0.1, -0.05) is 0 Å². The molecule has 10 heteroatoms. The van der Waals surface area contributed by atoms with Crippen molar-refractivity contribution >= 4 is 21.9 Å². The van der Waals surface area contributed by atoms with Gasteiger partial charge in [-0.15, -0.1) is 0 Å². The van der Waals surface area contributed by atoms with Gasteiger partial charge in [-0.25, -0.2) is 4.83 Å².